The van der Waals surface area contributed by atoms with Crippen molar-refractivity contribution < 1.29 is 8.42 Å². The summed E-state index contributed by atoms with van der Waals surface area (Å²) in [5.41, 5.74) is 0. The predicted octanol–water partition coefficient (Wildman–Crippen LogP) is 0.159. The number of aromatic nitrogens is 3. The zero-order valence-electron chi connectivity index (χ0n) is 11.4. The van der Waals surface area contributed by atoms with Gasteiger partial charge in [-0.3, -0.25) is 4.68 Å². The summed E-state index contributed by atoms with van der Waals surface area (Å²) in [7, 11) is -1.26. The van der Waals surface area contributed by atoms with Gasteiger partial charge in [-0.25, -0.2) is 13.4 Å². The highest BCUT2D eigenvalue weighted by Crippen LogP contribution is 2.09. The van der Waals surface area contributed by atoms with Crippen LogP contribution >= 0.6 is 0 Å². The van der Waals surface area contributed by atoms with Crippen LogP contribution in [0.5, 0.6) is 0 Å². The number of rotatable bonds is 7. The fraction of sp³-hybridized carbons (Fsp3) is 0.818. The van der Waals surface area contributed by atoms with Crippen molar-refractivity contribution in [2.75, 3.05) is 12.8 Å². The first-order chi connectivity index (χ1) is 8.36. The summed E-state index contributed by atoms with van der Waals surface area (Å²) in [4.78, 5) is 4.15. The van der Waals surface area contributed by atoms with Crippen molar-refractivity contribution in [3.63, 3.8) is 0 Å². The summed E-state index contributed by atoms with van der Waals surface area (Å²) in [6.45, 7) is 4.58. The molecule has 1 N–H and O–H groups in total. The van der Waals surface area contributed by atoms with Crippen molar-refractivity contribution in [1.82, 2.24) is 20.1 Å². The average molecular weight is 274 g/mol. The van der Waals surface area contributed by atoms with Crippen LogP contribution in [0.2, 0.25) is 0 Å². The highest BCUT2D eigenvalue weighted by molar-refractivity contribution is 7.91. The van der Waals surface area contributed by atoms with E-state index in [4.69, 9.17) is 0 Å². The summed E-state index contributed by atoms with van der Waals surface area (Å²) >= 11 is 0. The number of aryl methyl sites for hydroxylation is 1. The van der Waals surface area contributed by atoms with Crippen LogP contribution in [0.3, 0.4) is 0 Å². The van der Waals surface area contributed by atoms with Gasteiger partial charge in [0, 0.05) is 25.8 Å². The molecular weight excluding hydrogens is 252 g/mol. The van der Waals surface area contributed by atoms with Crippen LogP contribution < -0.4 is 5.32 Å². The van der Waals surface area contributed by atoms with Crippen molar-refractivity contribution in [3.8, 4) is 0 Å². The molecule has 0 amide bonds. The number of hydrogen-bond donors (Lipinski definition) is 1. The van der Waals surface area contributed by atoms with E-state index < -0.39 is 15.1 Å². The molecule has 18 heavy (non-hydrogen) atoms. The SMILES string of the molecule is CCCNC(Cc1ncnn1C)C(C)S(C)(=O)=O. The lowest BCUT2D eigenvalue weighted by Gasteiger charge is -2.23. The van der Waals surface area contributed by atoms with E-state index >= 15 is 0 Å². The van der Waals surface area contributed by atoms with E-state index in [-0.39, 0.29) is 6.04 Å². The normalized spacial score (nSPS) is 15.6. The molecule has 0 aliphatic heterocycles. The maximum atomic E-state index is 11.7. The van der Waals surface area contributed by atoms with E-state index in [1.807, 2.05) is 7.05 Å². The lowest BCUT2D eigenvalue weighted by molar-refractivity contribution is 0.467. The first-order valence-electron chi connectivity index (χ1n) is 6.11. The monoisotopic (exact) mass is 274 g/mol. The van der Waals surface area contributed by atoms with E-state index in [9.17, 15) is 8.42 Å². The number of nitrogens with zero attached hydrogens (tertiary/aromatic N) is 3. The summed E-state index contributed by atoms with van der Waals surface area (Å²) < 4.78 is 25.0. The van der Waals surface area contributed by atoms with Crippen molar-refractivity contribution >= 4 is 9.84 Å². The second-order valence-electron chi connectivity index (χ2n) is 4.60. The number of hydrogen-bond acceptors (Lipinski definition) is 5. The molecule has 0 saturated heterocycles. The molecule has 1 aromatic rings. The molecule has 0 fully saturated rings. The Morgan fingerprint density at radius 2 is 2.17 bits per heavy atom. The molecule has 7 heteroatoms. The molecule has 0 bridgehead atoms. The van der Waals surface area contributed by atoms with Crippen LogP contribution in [0.1, 0.15) is 26.1 Å². The van der Waals surface area contributed by atoms with E-state index in [0.29, 0.717) is 6.42 Å². The Morgan fingerprint density at radius 3 is 2.61 bits per heavy atom. The Bertz CT molecular complexity index is 469. The summed E-state index contributed by atoms with van der Waals surface area (Å²) in [5, 5.41) is 6.84. The van der Waals surface area contributed by atoms with Gasteiger partial charge >= 0.3 is 0 Å². The Hall–Kier alpha value is -0.950. The van der Waals surface area contributed by atoms with Crippen molar-refractivity contribution in [3.05, 3.63) is 12.2 Å². The number of sulfone groups is 1. The van der Waals surface area contributed by atoms with Crippen molar-refractivity contribution in [2.45, 2.75) is 38.0 Å². The average Bonchev–Trinajstić information content (AvgIpc) is 2.68. The highest BCUT2D eigenvalue weighted by Gasteiger charge is 2.26. The maximum absolute atomic E-state index is 11.7. The molecule has 1 aromatic heterocycles. The molecule has 0 spiro atoms. The Kier molecular flexibility index (Phi) is 5.28. The van der Waals surface area contributed by atoms with E-state index in [2.05, 4.69) is 22.3 Å². The zero-order chi connectivity index (χ0) is 13.8. The van der Waals surface area contributed by atoms with Crippen LogP contribution in [0.15, 0.2) is 6.33 Å². The molecule has 0 radical (unpaired) electrons. The molecule has 2 atom stereocenters. The molecular formula is C11H22N4O2S. The van der Waals surface area contributed by atoms with Crippen molar-refractivity contribution in [2.24, 2.45) is 7.05 Å². The molecule has 1 heterocycles. The lowest BCUT2D eigenvalue weighted by atomic mass is 10.1. The van der Waals surface area contributed by atoms with Gasteiger partial charge in [0.15, 0.2) is 9.84 Å². The molecule has 1 rings (SSSR count). The van der Waals surface area contributed by atoms with Gasteiger partial charge in [-0.05, 0) is 19.9 Å². The van der Waals surface area contributed by atoms with Crippen LogP contribution in [-0.2, 0) is 23.3 Å². The summed E-state index contributed by atoms with van der Waals surface area (Å²) in [5.74, 6) is 0.791. The van der Waals surface area contributed by atoms with Gasteiger partial charge < -0.3 is 5.32 Å². The predicted molar refractivity (Wildman–Crippen MR) is 71.1 cm³/mol. The third-order valence-corrected chi connectivity index (χ3v) is 4.79. The molecule has 2 unspecified atom stereocenters. The lowest BCUT2D eigenvalue weighted by Crippen LogP contribution is -2.44. The third kappa shape index (κ3) is 4.06. The largest absolute Gasteiger partial charge is 0.312 e. The first-order valence-corrected chi connectivity index (χ1v) is 8.06. The highest BCUT2D eigenvalue weighted by atomic mass is 32.2. The minimum Gasteiger partial charge on any atom is -0.312 e. The molecule has 0 aliphatic carbocycles. The smallest absolute Gasteiger partial charge is 0.151 e. The summed E-state index contributed by atoms with van der Waals surface area (Å²) in [6, 6.07) is -0.136. The van der Waals surface area contributed by atoms with E-state index in [1.54, 1.807) is 11.6 Å². The van der Waals surface area contributed by atoms with Crippen LogP contribution in [0, 0.1) is 0 Å². The zero-order valence-corrected chi connectivity index (χ0v) is 12.2. The quantitative estimate of drug-likeness (QED) is 0.766. The van der Waals surface area contributed by atoms with Crippen LogP contribution in [0.25, 0.3) is 0 Å². The van der Waals surface area contributed by atoms with Crippen LogP contribution in [-0.4, -0.2) is 47.3 Å². The number of nitrogens with one attached hydrogen (secondary N) is 1. The van der Waals surface area contributed by atoms with Crippen LogP contribution in [0.4, 0.5) is 0 Å². The molecule has 104 valence electrons. The van der Waals surface area contributed by atoms with E-state index in [0.717, 1.165) is 18.8 Å². The minimum absolute atomic E-state index is 0.136. The van der Waals surface area contributed by atoms with Gasteiger partial charge in [-0.15, -0.1) is 0 Å². The van der Waals surface area contributed by atoms with Gasteiger partial charge in [-0.2, -0.15) is 5.10 Å². The van der Waals surface area contributed by atoms with Gasteiger partial charge in [0.1, 0.15) is 12.2 Å². The van der Waals surface area contributed by atoms with Gasteiger partial charge in [0.25, 0.3) is 0 Å². The Morgan fingerprint density at radius 1 is 1.50 bits per heavy atom. The Labute approximate surface area is 109 Å². The standard InChI is InChI=1S/C11H22N4O2S/c1-5-6-12-10(9(2)18(4,16)17)7-11-13-8-14-15(11)3/h8-10,12H,5-7H2,1-4H3. The molecule has 0 aromatic carbocycles. The third-order valence-electron chi connectivity index (χ3n) is 3.11. The topological polar surface area (TPSA) is 76.9 Å². The second kappa shape index (κ2) is 6.29. The molecule has 6 nitrogen and oxygen atoms in total. The Balaban J connectivity index is 2.82. The van der Waals surface area contributed by atoms with Gasteiger partial charge in [0.05, 0.1) is 5.25 Å². The molecule has 0 aliphatic rings. The minimum atomic E-state index is -3.07. The van der Waals surface area contributed by atoms with E-state index in [1.165, 1.54) is 12.6 Å². The fourth-order valence-electron chi connectivity index (χ4n) is 1.73. The van der Waals surface area contributed by atoms with Gasteiger partial charge in [0.2, 0.25) is 0 Å². The second-order valence-corrected chi connectivity index (χ2v) is 7.00. The van der Waals surface area contributed by atoms with Crippen molar-refractivity contribution in [1.29, 1.82) is 0 Å². The molecule has 0 saturated carbocycles. The summed E-state index contributed by atoms with van der Waals surface area (Å²) in [6.07, 6.45) is 4.28. The fourth-order valence-corrected chi connectivity index (χ4v) is 2.52. The van der Waals surface area contributed by atoms with Gasteiger partial charge in [-0.1, -0.05) is 6.92 Å². The maximum Gasteiger partial charge on any atom is 0.151 e. The first kappa shape index (κ1) is 15.1.